The monoisotopic (exact) mass is 354 g/mol. The van der Waals surface area contributed by atoms with E-state index in [1.54, 1.807) is 11.8 Å². The van der Waals surface area contributed by atoms with Crippen LogP contribution in [0.4, 0.5) is 13.2 Å². The van der Waals surface area contributed by atoms with Crippen LogP contribution < -0.4 is 5.32 Å². The van der Waals surface area contributed by atoms with E-state index in [9.17, 15) is 22.8 Å². The molecule has 0 radical (unpaired) electrons. The minimum atomic E-state index is -4.44. The van der Waals surface area contributed by atoms with Gasteiger partial charge in [0.2, 0.25) is 5.91 Å². The highest BCUT2D eigenvalue weighted by molar-refractivity contribution is 5.97. The summed E-state index contributed by atoms with van der Waals surface area (Å²) in [5.74, 6) is -0.694. The first kappa shape index (κ1) is 17.8. The lowest BCUT2D eigenvalue weighted by molar-refractivity contribution is -0.137. The highest BCUT2D eigenvalue weighted by Gasteiger charge is 2.45. The molecule has 1 atom stereocenters. The van der Waals surface area contributed by atoms with E-state index in [0.717, 1.165) is 37.1 Å². The minimum absolute atomic E-state index is 0.100. The Bertz CT molecular complexity index is 656. The zero-order valence-electron chi connectivity index (χ0n) is 14.0. The number of nitrogens with one attached hydrogen (secondary N) is 1. The molecule has 0 aromatic heterocycles. The van der Waals surface area contributed by atoms with E-state index in [2.05, 4.69) is 5.32 Å². The van der Waals surface area contributed by atoms with Crippen molar-refractivity contribution in [2.75, 3.05) is 13.1 Å². The number of rotatable bonds is 3. The van der Waals surface area contributed by atoms with Crippen LogP contribution in [0, 0.1) is 5.41 Å². The fourth-order valence-electron chi connectivity index (χ4n) is 3.30. The molecule has 1 saturated carbocycles. The Labute approximate surface area is 144 Å². The summed E-state index contributed by atoms with van der Waals surface area (Å²) in [6.45, 7) is 3.02. The second-order valence-corrected chi connectivity index (χ2v) is 7.10. The van der Waals surface area contributed by atoms with Gasteiger partial charge in [0.25, 0.3) is 5.91 Å². The number of likely N-dealkylation sites (tertiary alicyclic amines) is 1. The third-order valence-corrected chi connectivity index (χ3v) is 5.29. The fraction of sp³-hybridized carbons (Fsp3) is 0.556. The maximum Gasteiger partial charge on any atom is 0.416 e. The van der Waals surface area contributed by atoms with Crippen LogP contribution in [-0.4, -0.2) is 35.8 Å². The molecule has 0 bridgehead atoms. The number of benzene rings is 1. The van der Waals surface area contributed by atoms with Gasteiger partial charge in [-0.3, -0.25) is 9.59 Å². The molecule has 1 N–H and O–H groups in total. The lowest BCUT2D eigenvalue weighted by Gasteiger charge is -2.33. The van der Waals surface area contributed by atoms with Gasteiger partial charge in [-0.1, -0.05) is 0 Å². The number of carbonyl (C=O) groups is 2. The Morgan fingerprint density at radius 2 is 1.64 bits per heavy atom. The number of alkyl halides is 3. The van der Waals surface area contributed by atoms with E-state index >= 15 is 0 Å². The van der Waals surface area contributed by atoms with Crippen molar-refractivity contribution < 1.29 is 22.8 Å². The van der Waals surface area contributed by atoms with Crippen LogP contribution in [0.15, 0.2) is 24.3 Å². The molecule has 136 valence electrons. The molecule has 4 nitrogen and oxygen atoms in total. The van der Waals surface area contributed by atoms with Gasteiger partial charge in [0, 0.05) is 18.7 Å². The van der Waals surface area contributed by atoms with Crippen LogP contribution in [0.1, 0.15) is 48.5 Å². The van der Waals surface area contributed by atoms with Gasteiger partial charge in [0.15, 0.2) is 0 Å². The summed E-state index contributed by atoms with van der Waals surface area (Å²) in [5.41, 5.74) is -0.248. The van der Waals surface area contributed by atoms with E-state index in [0.29, 0.717) is 18.5 Å². The van der Waals surface area contributed by atoms with Gasteiger partial charge in [0.1, 0.15) is 6.04 Å². The molecule has 1 spiro atoms. The summed E-state index contributed by atoms with van der Waals surface area (Å²) < 4.78 is 37.7. The summed E-state index contributed by atoms with van der Waals surface area (Å²) in [6, 6.07) is 3.26. The number of hydrogen-bond acceptors (Lipinski definition) is 2. The van der Waals surface area contributed by atoms with E-state index in [4.69, 9.17) is 0 Å². The molecule has 2 amide bonds. The summed E-state index contributed by atoms with van der Waals surface area (Å²) in [4.78, 5) is 26.4. The Hall–Kier alpha value is -2.05. The standard InChI is InChI=1S/C18H21F3N2O2/c1-12(16(25)23-10-8-17(6-7-17)9-11-23)22-15(24)13-2-4-14(5-3-13)18(19,20)21/h2-5,12H,6-11H2,1H3,(H,22,24)/t12-/m1/s1. The van der Waals surface area contributed by atoms with Crippen molar-refractivity contribution in [3.05, 3.63) is 35.4 Å². The third kappa shape index (κ3) is 3.96. The van der Waals surface area contributed by atoms with Crippen LogP contribution in [0.25, 0.3) is 0 Å². The predicted molar refractivity (Wildman–Crippen MR) is 85.9 cm³/mol. The van der Waals surface area contributed by atoms with E-state index in [1.165, 1.54) is 12.8 Å². The Morgan fingerprint density at radius 1 is 1.08 bits per heavy atom. The first-order valence-electron chi connectivity index (χ1n) is 8.47. The Balaban J connectivity index is 1.55. The van der Waals surface area contributed by atoms with Crippen molar-refractivity contribution in [2.45, 2.75) is 44.8 Å². The zero-order valence-corrected chi connectivity index (χ0v) is 14.0. The summed E-state index contributed by atoms with van der Waals surface area (Å²) in [5, 5.41) is 2.58. The number of piperidine rings is 1. The number of nitrogens with zero attached hydrogens (tertiary/aromatic N) is 1. The minimum Gasteiger partial charge on any atom is -0.341 e. The molecule has 1 saturated heterocycles. The van der Waals surface area contributed by atoms with Crippen LogP contribution in [0.3, 0.4) is 0 Å². The molecular formula is C18H21F3N2O2. The van der Waals surface area contributed by atoms with Crippen LogP contribution >= 0.6 is 0 Å². The van der Waals surface area contributed by atoms with Crippen LogP contribution in [0.5, 0.6) is 0 Å². The first-order chi connectivity index (χ1) is 11.7. The van der Waals surface area contributed by atoms with Crippen LogP contribution in [0.2, 0.25) is 0 Å². The van der Waals surface area contributed by atoms with Crippen molar-refractivity contribution in [1.29, 1.82) is 0 Å². The SMILES string of the molecule is C[C@@H](NC(=O)c1ccc(C(F)(F)F)cc1)C(=O)N1CCC2(CC1)CC2. The lowest BCUT2D eigenvalue weighted by Crippen LogP contribution is -2.49. The molecule has 0 unspecified atom stereocenters. The topological polar surface area (TPSA) is 49.4 Å². The van der Waals surface area contributed by atoms with Gasteiger partial charge in [-0.15, -0.1) is 0 Å². The van der Waals surface area contributed by atoms with Gasteiger partial charge in [0.05, 0.1) is 5.56 Å². The molecule has 7 heteroatoms. The largest absolute Gasteiger partial charge is 0.416 e. The fourth-order valence-corrected chi connectivity index (χ4v) is 3.30. The van der Waals surface area contributed by atoms with E-state index in [-0.39, 0.29) is 11.5 Å². The molecule has 1 heterocycles. The highest BCUT2D eigenvalue weighted by Crippen LogP contribution is 2.53. The normalized spacial score (nSPS) is 20.2. The molecule has 25 heavy (non-hydrogen) atoms. The third-order valence-electron chi connectivity index (χ3n) is 5.29. The van der Waals surface area contributed by atoms with E-state index < -0.39 is 23.7 Å². The quantitative estimate of drug-likeness (QED) is 0.906. The molecule has 1 aromatic carbocycles. The predicted octanol–water partition coefficient (Wildman–Crippen LogP) is 3.23. The number of amides is 2. The van der Waals surface area contributed by atoms with Gasteiger partial charge < -0.3 is 10.2 Å². The van der Waals surface area contributed by atoms with Gasteiger partial charge in [-0.2, -0.15) is 13.2 Å². The Kier molecular flexibility index (Phi) is 4.51. The lowest BCUT2D eigenvalue weighted by atomic mass is 9.93. The van der Waals surface area contributed by atoms with E-state index in [1.807, 2.05) is 0 Å². The second-order valence-electron chi connectivity index (χ2n) is 7.10. The smallest absolute Gasteiger partial charge is 0.341 e. The zero-order chi connectivity index (χ0) is 18.2. The van der Waals surface area contributed by atoms with Crippen molar-refractivity contribution in [3.63, 3.8) is 0 Å². The van der Waals surface area contributed by atoms with Crippen molar-refractivity contribution in [1.82, 2.24) is 10.2 Å². The second kappa shape index (κ2) is 6.35. The van der Waals surface area contributed by atoms with Crippen molar-refractivity contribution >= 4 is 11.8 Å². The summed E-state index contributed by atoms with van der Waals surface area (Å²) in [6.07, 6.45) is 0.0759. The Morgan fingerprint density at radius 3 is 2.12 bits per heavy atom. The molecule has 2 fully saturated rings. The molecule has 1 aromatic rings. The number of carbonyl (C=O) groups excluding carboxylic acids is 2. The highest BCUT2D eigenvalue weighted by atomic mass is 19.4. The maximum absolute atomic E-state index is 12.6. The molecule has 1 aliphatic carbocycles. The first-order valence-corrected chi connectivity index (χ1v) is 8.47. The van der Waals surface area contributed by atoms with Gasteiger partial charge >= 0.3 is 6.18 Å². The van der Waals surface area contributed by atoms with Gasteiger partial charge in [-0.05, 0) is 62.3 Å². The number of hydrogen-bond donors (Lipinski definition) is 1. The van der Waals surface area contributed by atoms with Crippen molar-refractivity contribution in [2.24, 2.45) is 5.41 Å². The molecule has 2 aliphatic rings. The molecule has 3 rings (SSSR count). The summed E-state index contributed by atoms with van der Waals surface area (Å²) >= 11 is 0. The van der Waals surface area contributed by atoms with Gasteiger partial charge in [-0.25, -0.2) is 0 Å². The average molecular weight is 354 g/mol. The van der Waals surface area contributed by atoms with Crippen molar-refractivity contribution in [3.8, 4) is 0 Å². The molecular weight excluding hydrogens is 333 g/mol. The molecule has 1 aliphatic heterocycles. The maximum atomic E-state index is 12.6. The van der Waals surface area contributed by atoms with Crippen LogP contribution in [-0.2, 0) is 11.0 Å². The number of halogens is 3. The summed E-state index contributed by atoms with van der Waals surface area (Å²) in [7, 11) is 0. The average Bonchev–Trinajstić information content (AvgIpc) is 3.33.